The number of fused-ring (bicyclic) bond motifs is 1. The minimum absolute atomic E-state index is 0.0694. The summed E-state index contributed by atoms with van der Waals surface area (Å²) in [5.41, 5.74) is 4.89. The van der Waals surface area contributed by atoms with Crippen molar-refractivity contribution < 1.29 is 17.9 Å². The molecule has 1 atom stereocenters. The minimum Gasteiger partial charge on any atom is -0.491 e. The van der Waals surface area contributed by atoms with Crippen molar-refractivity contribution in [2.75, 3.05) is 6.61 Å². The highest BCUT2D eigenvalue weighted by Crippen LogP contribution is 2.41. The van der Waals surface area contributed by atoms with Gasteiger partial charge in [0.15, 0.2) is 0 Å². The summed E-state index contributed by atoms with van der Waals surface area (Å²) < 4.78 is 42.5. The lowest BCUT2D eigenvalue weighted by Crippen LogP contribution is -2.16. The second-order valence-electron chi connectivity index (χ2n) is 3.13. The van der Waals surface area contributed by atoms with E-state index in [0.29, 0.717) is 0 Å². The van der Waals surface area contributed by atoms with Crippen LogP contribution in [-0.4, -0.2) is 6.61 Å². The molecule has 0 amide bonds. The molecule has 1 heterocycles. The van der Waals surface area contributed by atoms with Gasteiger partial charge < -0.3 is 10.5 Å². The first-order chi connectivity index (χ1) is 6.50. The number of alkyl halides is 3. The molecule has 0 aliphatic carbocycles. The highest BCUT2D eigenvalue weighted by atomic mass is 19.4. The lowest BCUT2D eigenvalue weighted by molar-refractivity contribution is -0.138. The molecule has 1 unspecified atom stereocenters. The molecule has 76 valence electrons. The van der Waals surface area contributed by atoms with Crippen LogP contribution in [0.2, 0.25) is 0 Å². The van der Waals surface area contributed by atoms with E-state index in [-0.39, 0.29) is 17.9 Å². The summed E-state index contributed by atoms with van der Waals surface area (Å²) in [6.07, 6.45) is -4.36. The molecule has 1 aromatic rings. The van der Waals surface area contributed by atoms with Gasteiger partial charge in [-0.3, -0.25) is 0 Å². The van der Waals surface area contributed by atoms with Gasteiger partial charge in [-0.25, -0.2) is 0 Å². The van der Waals surface area contributed by atoms with Gasteiger partial charge in [-0.05, 0) is 12.1 Å². The lowest BCUT2D eigenvalue weighted by Gasteiger charge is -2.12. The normalized spacial score (nSPS) is 20.4. The Morgan fingerprint density at radius 3 is 2.71 bits per heavy atom. The molecular formula is C9H8F3NO. The third-order valence-electron chi connectivity index (χ3n) is 2.16. The van der Waals surface area contributed by atoms with E-state index in [4.69, 9.17) is 10.5 Å². The van der Waals surface area contributed by atoms with Crippen molar-refractivity contribution in [1.29, 1.82) is 0 Å². The number of nitrogens with two attached hydrogens (primary N) is 1. The molecule has 14 heavy (non-hydrogen) atoms. The second-order valence-corrected chi connectivity index (χ2v) is 3.13. The third-order valence-corrected chi connectivity index (χ3v) is 2.16. The van der Waals surface area contributed by atoms with Gasteiger partial charge >= 0.3 is 6.18 Å². The molecule has 0 bridgehead atoms. The first kappa shape index (κ1) is 9.33. The van der Waals surface area contributed by atoms with E-state index in [1.807, 2.05) is 0 Å². The maximum Gasteiger partial charge on any atom is 0.416 e. The van der Waals surface area contributed by atoms with Crippen LogP contribution in [0.5, 0.6) is 5.75 Å². The molecule has 1 aliphatic rings. The van der Waals surface area contributed by atoms with Gasteiger partial charge in [-0.15, -0.1) is 0 Å². The molecule has 5 heteroatoms. The number of hydrogen-bond donors (Lipinski definition) is 1. The van der Waals surface area contributed by atoms with Crippen LogP contribution in [0.1, 0.15) is 17.2 Å². The van der Waals surface area contributed by atoms with Crippen molar-refractivity contribution in [1.82, 2.24) is 0 Å². The molecular weight excluding hydrogens is 195 g/mol. The number of ether oxygens (including phenoxy) is 1. The molecule has 0 radical (unpaired) electrons. The predicted molar refractivity (Wildman–Crippen MR) is 43.9 cm³/mol. The second kappa shape index (κ2) is 2.88. The van der Waals surface area contributed by atoms with Crippen LogP contribution in [0, 0.1) is 0 Å². The van der Waals surface area contributed by atoms with Gasteiger partial charge in [0.2, 0.25) is 0 Å². The Morgan fingerprint density at radius 1 is 1.36 bits per heavy atom. The molecule has 1 aromatic carbocycles. The van der Waals surface area contributed by atoms with Gasteiger partial charge in [0.1, 0.15) is 12.4 Å². The number of halogens is 3. The molecule has 2 N–H and O–H groups in total. The Balaban J connectivity index is 2.58. The van der Waals surface area contributed by atoms with Crippen LogP contribution in [0.3, 0.4) is 0 Å². The fourth-order valence-electron chi connectivity index (χ4n) is 1.56. The molecule has 2 nitrogen and oxygen atoms in total. The van der Waals surface area contributed by atoms with Crippen LogP contribution in [0.25, 0.3) is 0 Å². The van der Waals surface area contributed by atoms with E-state index in [0.717, 1.165) is 6.07 Å². The van der Waals surface area contributed by atoms with Gasteiger partial charge in [0.05, 0.1) is 11.6 Å². The van der Waals surface area contributed by atoms with Gasteiger partial charge in [-0.1, -0.05) is 6.07 Å². The van der Waals surface area contributed by atoms with Gasteiger partial charge in [0.25, 0.3) is 0 Å². The predicted octanol–water partition coefficient (Wildman–Crippen LogP) is 2.10. The SMILES string of the molecule is NC1COc2cccc(C(F)(F)F)c21. The van der Waals surface area contributed by atoms with E-state index in [1.165, 1.54) is 12.1 Å². The molecule has 0 aromatic heterocycles. The maximum atomic E-state index is 12.5. The summed E-state index contributed by atoms with van der Waals surface area (Å²) in [7, 11) is 0. The Hall–Kier alpha value is -1.23. The highest BCUT2D eigenvalue weighted by molar-refractivity contribution is 5.46. The summed E-state index contributed by atoms with van der Waals surface area (Å²) in [5.74, 6) is 0.243. The highest BCUT2D eigenvalue weighted by Gasteiger charge is 2.38. The largest absolute Gasteiger partial charge is 0.491 e. The van der Waals surface area contributed by atoms with Crippen molar-refractivity contribution in [2.24, 2.45) is 5.73 Å². The summed E-state index contributed by atoms with van der Waals surface area (Å²) in [5, 5.41) is 0. The quantitative estimate of drug-likeness (QED) is 0.700. The van der Waals surface area contributed by atoms with Crippen LogP contribution in [0.4, 0.5) is 13.2 Å². The zero-order valence-electron chi connectivity index (χ0n) is 7.14. The fourth-order valence-corrected chi connectivity index (χ4v) is 1.56. The van der Waals surface area contributed by atoms with Crippen molar-refractivity contribution in [2.45, 2.75) is 12.2 Å². The van der Waals surface area contributed by atoms with Crippen molar-refractivity contribution in [3.8, 4) is 5.75 Å². The first-order valence-corrected chi connectivity index (χ1v) is 4.08. The Bertz CT molecular complexity index is 362. The van der Waals surface area contributed by atoms with Crippen LogP contribution >= 0.6 is 0 Å². The van der Waals surface area contributed by atoms with Gasteiger partial charge in [0, 0.05) is 5.56 Å². The average Bonchev–Trinajstić information content (AvgIpc) is 2.46. The van der Waals surface area contributed by atoms with Crippen molar-refractivity contribution >= 4 is 0 Å². The van der Waals surface area contributed by atoms with Crippen LogP contribution in [0.15, 0.2) is 18.2 Å². The lowest BCUT2D eigenvalue weighted by atomic mass is 10.0. The molecule has 0 fully saturated rings. The van der Waals surface area contributed by atoms with E-state index >= 15 is 0 Å². The summed E-state index contributed by atoms with van der Waals surface area (Å²) >= 11 is 0. The zero-order chi connectivity index (χ0) is 10.3. The van der Waals surface area contributed by atoms with Crippen molar-refractivity contribution in [3.05, 3.63) is 29.3 Å². The molecule has 0 saturated heterocycles. The van der Waals surface area contributed by atoms with Crippen LogP contribution < -0.4 is 10.5 Å². The molecule has 2 rings (SSSR count). The number of rotatable bonds is 0. The minimum atomic E-state index is -4.36. The van der Waals surface area contributed by atoms with E-state index < -0.39 is 17.8 Å². The van der Waals surface area contributed by atoms with Crippen LogP contribution in [-0.2, 0) is 6.18 Å². The van der Waals surface area contributed by atoms with Crippen molar-refractivity contribution in [3.63, 3.8) is 0 Å². The van der Waals surface area contributed by atoms with E-state index in [2.05, 4.69) is 0 Å². The Kier molecular flexibility index (Phi) is 1.92. The Labute approximate surface area is 78.5 Å². The molecule has 0 spiro atoms. The van der Waals surface area contributed by atoms with E-state index in [1.54, 1.807) is 0 Å². The number of benzene rings is 1. The summed E-state index contributed by atoms with van der Waals surface area (Å²) in [6, 6.07) is 3.16. The zero-order valence-corrected chi connectivity index (χ0v) is 7.14. The van der Waals surface area contributed by atoms with Gasteiger partial charge in [-0.2, -0.15) is 13.2 Å². The summed E-state index contributed by atoms with van der Waals surface area (Å²) in [4.78, 5) is 0. The van der Waals surface area contributed by atoms with E-state index in [9.17, 15) is 13.2 Å². The third kappa shape index (κ3) is 1.33. The standard InChI is InChI=1S/C9H8F3NO/c10-9(11,12)5-2-1-3-7-8(5)6(13)4-14-7/h1-3,6H,4,13H2. The fraction of sp³-hybridized carbons (Fsp3) is 0.333. The molecule has 1 aliphatic heterocycles. The number of hydrogen-bond acceptors (Lipinski definition) is 2. The monoisotopic (exact) mass is 203 g/mol. The topological polar surface area (TPSA) is 35.2 Å². The Morgan fingerprint density at radius 2 is 2.07 bits per heavy atom. The molecule has 0 saturated carbocycles. The first-order valence-electron chi connectivity index (χ1n) is 4.08. The average molecular weight is 203 g/mol. The summed E-state index contributed by atoms with van der Waals surface area (Å²) in [6.45, 7) is 0.114. The smallest absolute Gasteiger partial charge is 0.416 e. The maximum absolute atomic E-state index is 12.5.